The van der Waals surface area contributed by atoms with E-state index in [1.165, 1.54) is 0 Å². The van der Waals surface area contributed by atoms with Gasteiger partial charge in [-0.1, -0.05) is 12.1 Å². The molecule has 7 heteroatoms. The molecule has 0 aliphatic carbocycles. The van der Waals surface area contributed by atoms with Crippen LogP contribution in [-0.4, -0.2) is 17.9 Å². The van der Waals surface area contributed by atoms with Gasteiger partial charge in [-0.2, -0.15) is 0 Å². The van der Waals surface area contributed by atoms with Gasteiger partial charge < -0.3 is 15.4 Å². The number of para-hydroxylation sites is 2. The lowest BCUT2D eigenvalue weighted by atomic mass is 10.2. The van der Waals surface area contributed by atoms with Crippen LogP contribution < -0.4 is 15.4 Å². The highest BCUT2D eigenvalue weighted by molar-refractivity contribution is 6.43. The summed E-state index contributed by atoms with van der Waals surface area (Å²) < 4.78 is 31.5. The van der Waals surface area contributed by atoms with Crippen molar-refractivity contribution < 1.29 is 23.1 Å². The summed E-state index contributed by atoms with van der Waals surface area (Å²) in [6.07, 6.45) is -0.112. The molecule has 2 amide bonds. The summed E-state index contributed by atoms with van der Waals surface area (Å²) >= 11 is 0. The van der Waals surface area contributed by atoms with Crippen molar-refractivity contribution >= 4 is 23.2 Å². The normalized spacial score (nSPS) is 10.4. The lowest BCUT2D eigenvalue weighted by Crippen LogP contribution is -2.29. The van der Waals surface area contributed by atoms with Crippen LogP contribution in [-0.2, 0) is 9.59 Å². The third kappa shape index (κ3) is 4.52. The van der Waals surface area contributed by atoms with E-state index in [2.05, 4.69) is 10.6 Å². The lowest BCUT2D eigenvalue weighted by Gasteiger charge is -2.14. The number of hydrogen-bond donors (Lipinski definition) is 2. The molecule has 0 fully saturated rings. The van der Waals surface area contributed by atoms with E-state index in [9.17, 15) is 18.4 Å². The first-order chi connectivity index (χ1) is 11.4. The zero-order valence-corrected chi connectivity index (χ0v) is 13.1. The number of benzene rings is 2. The topological polar surface area (TPSA) is 67.4 Å². The average Bonchev–Trinajstić information content (AvgIpc) is 2.52. The first-order valence-corrected chi connectivity index (χ1v) is 7.20. The molecule has 0 aliphatic heterocycles. The monoisotopic (exact) mass is 334 g/mol. The Kier molecular flexibility index (Phi) is 5.47. The molecule has 24 heavy (non-hydrogen) atoms. The van der Waals surface area contributed by atoms with Crippen LogP contribution in [0.5, 0.6) is 5.75 Å². The van der Waals surface area contributed by atoms with Crippen LogP contribution in [0.2, 0.25) is 0 Å². The summed E-state index contributed by atoms with van der Waals surface area (Å²) in [4.78, 5) is 23.8. The molecule has 0 spiro atoms. The van der Waals surface area contributed by atoms with Gasteiger partial charge in [0.2, 0.25) is 0 Å². The predicted molar refractivity (Wildman–Crippen MR) is 85.8 cm³/mol. The molecule has 0 aromatic heterocycles. The number of carbonyl (C=O) groups is 2. The Bertz CT molecular complexity index is 763. The number of ether oxygens (including phenoxy) is 1. The van der Waals surface area contributed by atoms with E-state index in [1.54, 1.807) is 24.3 Å². The fourth-order valence-corrected chi connectivity index (χ4v) is 1.87. The van der Waals surface area contributed by atoms with Crippen molar-refractivity contribution in [2.75, 3.05) is 10.6 Å². The van der Waals surface area contributed by atoms with Gasteiger partial charge in [0.1, 0.15) is 5.75 Å². The van der Waals surface area contributed by atoms with Gasteiger partial charge in [0.05, 0.1) is 11.8 Å². The van der Waals surface area contributed by atoms with Crippen LogP contribution in [0.3, 0.4) is 0 Å². The summed E-state index contributed by atoms with van der Waals surface area (Å²) in [7, 11) is 0. The fraction of sp³-hybridized carbons (Fsp3) is 0.176. The minimum atomic E-state index is -1.12. The molecule has 2 aromatic carbocycles. The van der Waals surface area contributed by atoms with E-state index in [0.717, 1.165) is 18.2 Å². The molecule has 0 atom stereocenters. The van der Waals surface area contributed by atoms with Crippen LogP contribution in [0.1, 0.15) is 13.8 Å². The van der Waals surface area contributed by atoms with Gasteiger partial charge in [-0.15, -0.1) is 0 Å². The summed E-state index contributed by atoms with van der Waals surface area (Å²) in [6.45, 7) is 3.66. The van der Waals surface area contributed by atoms with Crippen molar-refractivity contribution in [3.05, 3.63) is 54.1 Å². The molecular weight excluding hydrogens is 318 g/mol. The van der Waals surface area contributed by atoms with Crippen LogP contribution in [0.15, 0.2) is 42.5 Å². The number of rotatable bonds is 4. The fourth-order valence-electron chi connectivity index (χ4n) is 1.87. The Morgan fingerprint density at radius 3 is 2.29 bits per heavy atom. The largest absolute Gasteiger partial charge is 0.489 e. The molecule has 2 aromatic rings. The highest BCUT2D eigenvalue weighted by Crippen LogP contribution is 2.24. The van der Waals surface area contributed by atoms with Gasteiger partial charge in [0, 0.05) is 11.8 Å². The number of hydrogen-bond acceptors (Lipinski definition) is 3. The Morgan fingerprint density at radius 2 is 1.62 bits per heavy atom. The van der Waals surface area contributed by atoms with E-state index in [1.807, 2.05) is 13.8 Å². The molecule has 2 N–H and O–H groups in total. The van der Waals surface area contributed by atoms with Crippen LogP contribution in [0.4, 0.5) is 20.2 Å². The molecule has 0 saturated heterocycles. The number of halogens is 2. The maximum Gasteiger partial charge on any atom is 0.314 e. The molecule has 0 aliphatic rings. The van der Waals surface area contributed by atoms with Crippen molar-refractivity contribution in [1.82, 2.24) is 0 Å². The van der Waals surface area contributed by atoms with E-state index in [0.29, 0.717) is 11.4 Å². The van der Waals surface area contributed by atoms with Crippen molar-refractivity contribution in [2.24, 2.45) is 0 Å². The summed E-state index contributed by atoms with van der Waals surface area (Å²) in [6, 6.07) is 9.44. The minimum Gasteiger partial charge on any atom is -0.489 e. The number of carbonyl (C=O) groups excluding carboxylic acids is 2. The third-order valence-corrected chi connectivity index (χ3v) is 2.88. The van der Waals surface area contributed by atoms with E-state index in [-0.39, 0.29) is 11.8 Å². The Balaban J connectivity index is 2.06. The first kappa shape index (κ1) is 17.4. The summed E-state index contributed by atoms with van der Waals surface area (Å²) in [5.41, 5.74) is 0.303. The Hall–Kier alpha value is -2.96. The highest BCUT2D eigenvalue weighted by Gasteiger charge is 2.17. The summed E-state index contributed by atoms with van der Waals surface area (Å²) in [5, 5.41) is 4.61. The minimum absolute atomic E-state index is 0.0271. The zero-order chi connectivity index (χ0) is 17.7. The maximum absolute atomic E-state index is 13.1. The highest BCUT2D eigenvalue weighted by atomic mass is 19.2. The number of amides is 2. The molecule has 126 valence electrons. The van der Waals surface area contributed by atoms with Crippen LogP contribution in [0, 0.1) is 11.6 Å². The van der Waals surface area contributed by atoms with E-state index >= 15 is 0 Å². The lowest BCUT2D eigenvalue weighted by molar-refractivity contribution is -0.133. The smallest absolute Gasteiger partial charge is 0.314 e. The van der Waals surface area contributed by atoms with Gasteiger partial charge in [0.25, 0.3) is 0 Å². The third-order valence-electron chi connectivity index (χ3n) is 2.88. The van der Waals surface area contributed by atoms with E-state index in [4.69, 9.17) is 4.74 Å². The second-order valence-electron chi connectivity index (χ2n) is 5.20. The second-order valence-corrected chi connectivity index (χ2v) is 5.20. The maximum atomic E-state index is 13.1. The number of nitrogens with one attached hydrogen (secondary N) is 2. The molecular formula is C17H16F2N2O3. The van der Waals surface area contributed by atoms with Crippen molar-refractivity contribution in [3.8, 4) is 5.75 Å². The molecule has 0 heterocycles. The van der Waals surface area contributed by atoms with Gasteiger partial charge in [-0.05, 0) is 38.1 Å². The molecule has 0 saturated carbocycles. The molecule has 0 unspecified atom stereocenters. The van der Waals surface area contributed by atoms with Crippen molar-refractivity contribution in [1.29, 1.82) is 0 Å². The summed E-state index contributed by atoms with van der Waals surface area (Å²) in [5.74, 6) is -3.72. The zero-order valence-electron chi connectivity index (χ0n) is 13.1. The SMILES string of the molecule is CC(C)Oc1ccccc1NC(=O)C(=O)Nc1ccc(F)c(F)c1. The quantitative estimate of drug-likeness (QED) is 0.843. The molecule has 0 radical (unpaired) electrons. The average molecular weight is 334 g/mol. The van der Waals surface area contributed by atoms with Gasteiger partial charge in [-0.3, -0.25) is 9.59 Å². The van der Waals surface area contributed by atoms with Gasteiger partial charge >= 0.3 is 11.8 Å². The van der Waals surface area contributed by atoms with E-state index < -0.39 is 23.4 Å². The van der Waals surface area contributed by atoms with Gasteiger partial charge in [-0.25, -0.2) is 8.78 Å². The molecule has 0 bridgehead atoms. The molecule has 5 nitrogen and oxygen atoms in total. The number of anilines is 2. The Morgan fingerprint density at radius 1 is 0.958 bits per heavy atom. The van der Waals surface area contributed by atoms with Crippen LogP contribution >= 0.6 is 0 Å². The van der Waals surface area contributed by atoms with Crippen LogP contribution in [0.25, 0.3) is 0 Å². The second kappa shape index (κ2) is 7.54. The van der Waals surface area contributed by atoms with Crippen molar-refractivity contribution in [2.45, 2.75) is 20.0 Å². The van der Waals surface area contributed by atoms with Gasteiger partial charge in [0.15, 0.2) is 11.6 Å². The predicted octanol–water partition coefficient (Wildman–Crippen LogP) is 3.33. The standard InChI is InChI=1S/C17H16F2N2O3/c1-10(2)24-15-6-4-3-5-14(15)21-17(23)16(22)20-11-7-8-12(18)13(19)9-11/h3-10H,1-2H3,(H,20,22)(H,21,23). The Labute approximate surface area is 137 Å². The first-order valence-electron chi connectivity index (χ1n) is 7.20. The molecule has 2 rings (SSSR count). The van der Waals surface area contributed by atoms with Crippen molar-refractivity contribution in [3.63, 3.8) is 0 Å².